The van der Waals surface area contributed by atoms with Crippen molar-refractivity contribution in [2.45, 2.75) is 20.4 Å². The van der Waals surface area contributed by atoms with Gasteiger partial charge in [-0.25, -0.2) is 0 Å². The predicted octanol–water partition coefficient (Wildman–Crippen LogP) is 3.31. The number of hydrogen-bond acceptors (Lipinski definition) is 3. The molecule has 0 atom stereocenters. The molecule has 2 rings (SSSR count). The van der Waals surface area contributed by atoms with Gasteiger partial charge in [0.1, 0.15) is 5.75 Å². The van der Waals surface area contributed by atoms with E-state index in [4.69, 9.17) is 16.3 Å². The van der Waals surface area contributed by atoms with Gasteiger partial charge in [-0.15, -0.1) is 0 Å². The van der Waals surface area contributed by atoms with E-state index in [-0.39, 0.29) is 11.1 Å². The lowest BCUT2D eigenvalue weighted by molar-refractivity contribution is 0.107. The molecule has 1 aromatic carbocycles. The molecule has 0 N–H and O–H groups in total. The van der Waals surface area contributed by atoms with E-state index in [1.807, 2.05) is 38.1 Å². The van der Waals surface area contributed by atoms with E-state index in [1.54, 1.807) is 6.07 Å². The third kappa shape index (κ3) is 3.16. The van der Waals surface area contributed by atoms with Crippen LogP contribution in [0.2, 0.25) is 0 Å². The van der Waals surface area contributed by atoms with Crippen LogP contribution in [0.1, 0.15) is 24.2 Å². The number of hydrogen-bond donors (Lipinski definition) is 0. The summed E-state index contributed by atoms with van der Waals surface area (Å²) in [6.07, 6.45) is 0. The van der Waals surface area contributed by atoms with E-state index in [0.29, 0.717) is 13.2 Å². The van der Waals surface area contributed by atoms with Crippen LogP contribution in [0, 0.1) is 0 Å². The summed E-state index contributed by atoms with van der Waals surface area (Å²) in [4.78, 5) is 23.5. The molecule has 4 nitrogen and oxygen atoms in total. The van der Waals surface area contributed by atoms with Gasteiger partial charge >= 0.3 is 0 Å². The second-order valence-electron chi connectivity index (χ2n) is 4.42. The lowest BCUT2D eigenvalue weighted by Gasteiger charge is -2.13. The highest BCUT2D eigenvalue weighted by molar-refractivity contribution is 6.67. The van der Waals surface area contributed by atoms with Crippen molar-refractivity contribution in [3.8, 4) is 17.0 Å². The van der Waals surface area contributed by atoms with Crippen LogP contribution >= 0.6 is 11.6 Å². The van der Waals surface area contributed by atoms with E-state index in [1.165, 1.54) is 10.6 Å². The Hall–Kier alpha value is -2.07. The maximum Gasteiger partial charge on any atom is 0.263 e. The number of benzene rings is 1. The Morgan fingerprint density at radius 1 is 1.24 bits per heavy atom. The molecule has 1 aromatic heterocycles. The molecule has 0 aliphatic rings. The molecule has 0 spiro atoms. The van der Waals surface area contributed by atoms with Gasteiger partial charge in [0.25, 0.3) is 10.8 Å². The molecular weight excluding hydrogens is 290 g/mol. The Morgan fingerprint density at radius 2 is 2.00 bits per heavy atom. The summed E-state index contributed by atoms with van der Waals surface area (Å²) in [5.74, 6) is 0.739. The zero-order valence-corrected chi connectivity index (χ0v) is 12.7. The van der Waals surface area contributed by atoms with Gasteiger partial charge in [0, 0.05) is 12.1 Å². The van der Waals surface area contributed by atoms with Crippen molar-refractivity contribution >= 4 is 16.8 Å². The topological polar surface area (TPSA) is 48.3 Å². The highest BCUT2D eigenvalue weighted by Crippen LogP contribution is 2.23. The smallest absolute Gasteiger partial charge is 0.263 e. The molecule has 0 saturated heterocycles. The summed E-state index contributed by atoms with van der Waals surface area (Å²) in [6, 6.07) is 10.7. The number of ether oxygens (including phenoxy) is 1. The summed E-state index contributed by atoms with van der Waals surface area (Å²) in [5.41, 5.74) is 1.19. The number of nitrogens with zero attached hydrogens (tertiary/aromatic N) is 1. The first-order valence-corrected chi connectivity index (χ1v) is 7.13. The predicted molar refractivity (Wildman–Crippen MR) is 83.2 cm³/mol. The number of aromatic nitrogens is 1. The summed E-state index contributed by atoms with van der Waals surface area (Å²) < 4.78 is 7.00. The lowest BCUT2D eigenvalue weighted by Crippen LogP contribution is -2.25. The van der Waals surface area contributed by atoms with Gasteiger partial charge in [-0.2, -0.15) is 0 Å². The first kappa shape index (κ1) is 15.3. The van der Waals surface area contributed by atoms with E-state index in [9.17, 15) is 9.59 Å². The molecule has 21 heavy (non-hydrogen) atoms. The van der Waals surface area contributed by atoms with Gasteiger partial charge in [0.15, 0.2) is 0 Å². The number of carbonyl (C=O) groups is 1. The van der Waals surface area contributed by atoms with Crippen LogP contribution in [0.25, 0.3) is 11.3 Å². The molecule has 110 valence electrons. The molecule has 0 aliphatic heterocycles. The average Bonchev–Trinajstić information content (AvgIpc) is 2.47. The van der Waals surface area contributed by atoms with Crippen LogP contribution in [0.4, 0.5) is 0 Å². The van der Waals surface area contributed by atoms with Gasteiger partial charge in [-0.05, 0) is 49.7 Å². The van der Waals surface area contributed by atoms with Crippen LogP contribution in [-0.4, -0.2) is 16.4 Å². The third-order valence-electron chi connectivity index (χ3n) is 3.14. The van der Waals surface area contributed by atoms with E-state index in [0.717, 1.165) is 17.0 Å². The number of pyridine rings is 1. The van der Waals surface area contributed by atoms with E-state index < -0.39 is 5.24 Å². The molecule has 0 unspecified atom stereocenters. The Kier molecular flexibility index (Phi) is 4.81. The molecule has 0 saturated carbocycles. The second kappa shape index (κ2) is 6.59. The molecule has 0 aliphatic carbocycles. The minimum Gasteiger partial charge on any atom is -0.494 e. The molecule has 1 heterocycles. The van der Waals surface area contributed by atoms with Gasteiger partial charge in [0.05, 0.1) is 17.9 Å². The molecule has 0 amide bonds. The third-order valence-corrected chi connectivity index (χ3v) is 3.35. The summed E-state index contributed by atoms with van der Waals surface area (Å²) >= 11 is 5.43. The number of carbonyl (C=O) groups excluding carboxylic acids is 1. The fourth-order valence-electron chi connectivity index (χ4n) is 2.21. The van der Waals surface area contributed by atoms with Crippen LogP contribution in [0.5, 0.6) is 5.75 Å². The molecule has 0 fully saturated rings. The largest absolute Gasteiger partial charge is 0.494 e. The van der Waals surface area contributed by atoms with Gasteiger partial charge < -0.3 is 9.30 Å². The molecule has 0 radical (unpaired) electrons. The van der Waals surface area contributed by atoms with Crippen molar-refractivity contribution in [2.75, 3.05) is 6.61 Å². The van der Waals surface area contributed by atoms with Crippen molar-refractivity contribution in [2.24, 2.45) is 0 Å². The van der Waals surface area contributed by atoms with Crippen molar-refractivity contribution in [1.29, 1.82) is 0 Å². The van der Waals surface area contributed by atoms with Gasteiger partial charge in [0.2, 0.25) is 0 Å². The standard InChI is InChI=1S/C16H16ClNO3/c1-3-18-14(9-8-13(15(17)19)16(18)20)11-6-5-7-12(10-11)21-4-2/h5-10H,3-4H2,1-2H3. The molecule has 2 aromatic rings. The second-order valence-corrected chi connectivity index (χ2v) is 4.76. The highest BCUT2D eigenvalue weighted by Gasteiger charge is 2.13. The fourth-order valence-corrected chi connectivity index (χ4v) is 2.35. The molecule has 5 heteroatoms. The van der Waals surface area contributed by atoms with E-state index in [2.05, 4.69) is 0 Å². The van der Waals surface area contributed by atoms with Crippen molar-refractivity contribution in [1.82, 2.24) is 4.57 Å². The van der Waals surface area contributed by atoms with Crippen LogP contribution in [0.3, 0.4) is 0 Å². The monoisotopic (exact) mass is 305 g/mol. The van der Waals surface area contributed by atoms with Crippen LogP contribution in [-0.2, 0) is 6.54 Å². The fraction of sp³-hybridized carbons (Fsp3) is 0.250. The van der Waals surface area contributed by atoms with Crippen molar-refractivity contribution in [3.05, 3.63) is 52.3 Å². The molecular formula is C16H16ClNO3. The van der Waals surface area contributed by atoms with E-state index >= 15 is 0 Å². The highest BCUT2D eigenvalue weighted by atomic mass is 35.5. The van der Waals surface area contributed by atoms with Crippen LogP contribution < -0.4 is 10.3 Å². The quantitative estimate of drug-likeness (QED) is 0.796. The minimum atomic E-state index is -0.739. The van der Waals surface area contributed by atoms with Gasteiger partial charge in [-0.1, -0.05) is 12.1 Å². The number of rotatable bonds is 5. The Bertz CT molecular complexity index is 722. The first-order chi connectivity index (χ1) is 10.1. The van der Waals surface area contributed by atoms with Crippen molar-refractivity contribution in [3.63, 3.8) is 0 Å². The van der Waals surface area contributed by atoms with Crippen molar-refractivity contribution < 1.29 is 9.53 Å². The molecule has 0 bridgehead atoms. The zero-order valence-electron chi connectivity index (χ0n) is 11.9. The average molecular weight is 306 g/mol. The van der Waals surface area contributed by atoms with Gasteiger partial charge in [-0.3, -0.25) is 9.59 Å². The lowest BCUT2D eigenvalue weighted by atomic mass is 10.1. The minimum absolute atomic E-state index is 0.0109. The first-order valence-electron chi connectivity index (χ1n) is 6.75. The normalized spacial score (nSPS) is 10.4. The van der Waals surface area contributed by atoms with Crippen LogP contribution in [0.15, 0.2) is 41.2 Å². The Balaban J connectivity index is 2.59. The summed E-state index contributed by atoms with van der Waals surface area (Å²) in [5, 5.41) is -0.739. The Labute approximate surface area is 127 Å². The Morgan fingerprint density at radius 3 is 2.62 bits per heavy atom. The number of halogens is 1. The zero-order chi connectivity index (χ0) is 15.4. The maximum absolute atomic E-state index is 12.3. The SMILES string of the molecule is CCOc1cccc(-c2ccc(C(=O)Cl)c(=O)n2CC)c1. The maximum atomic E-state index is 12.3. The summed E-state index contributed by atoms with van der Waals surface area (Å²) in [6.45, 7) is 4.78. The summed E-state index contributed by atoms with van der Waals surface area (Å²) in [7, 11) is 0.